The molecule has 2 heterocycles. The van der Waals surface area contributed by atoms with E-state index in [1.165, 1.54) is 62.0 Å². The summed E-state index contributed by atoms with van der Waals surface area (Å²) in [6.45, 7) is 3.73. The molecule has 0 unspecified atom stereocenters. The maximum absolute atomic E-state index is 11.4. The number of benzene rings is 2. The fraction of sp³-hybridized carbons (Fsp3) is 0.351. The van der Waals surface area contributed by atoms with Crippen LogP contribution >= 0.6 is 11.8 Å². The zero-order chi connectivity index (χ0) is 34.0. The summed E-state index contributed by atoms with van der Waals surface area (Å²) in [6.07, 6.45) is 16.3. The zero-order valence-electron chi connectivity index (χ0n) is 27.5. The molecule has 48 heavy (non-hydrogen) atoms. The van der Waals surface area contributed by atoms with Gasteiger partial charge in [0.2, 0.25) is 0 Å². The van der Waals surface area contributed by atoms with Crippen molar-refractivity contribution >= 4 is 23.6 Å². The van der Waals surface area contributed by atoms with E-state index in [0.717, 1.165) is 37.8 Å². The van der Waals surface area contributed by atoms with Crippen LogP contribution in [0.3, 0.4) is 0 Å². The molecule has 1 aliphatic carbocycles. The van der Waals surface area contributed by atoms with Gasteiger partial charge in [0, 0.05) is 50.2 Å². The van der Waals surface area contributed by atoms with Gasteiger partial charge in [-0.05, 0) is 72.7 Å². The molecule has 1 aliphatic rings. The van der Waals surface area contributed by atoms with Crippen molar-refractivity contribution in [2.45, 2.75) is 51.6 Å². The number of carbonyl (C=O) groups excluding carboxylic acids is 2. The lowest BCUT2D eigenvalue weighted by molar-refractivity contribution is 0.0989. The number of rotatable bonds is 16. The Bertz CT molecular complexity index is 1560. The van der Waals surface area contributed by atoms with Crippen LogP contribution in [0.1, 0.15) is 70.4 Å². The van der Waals surface area contributed by atoms with Gasteiger partial charge in [0.1, 0.15) is 34.1 Å². The average molecular weight is 671 g/mol. The SMILES string of the molecule is CSCCNCc1ccc(Oc2ccncc2C(N)=O)cc1.NC(=O)c1cnccc1Oc1ccc(CNCCC2CCCCC2)cc1. The molecule has 11 heteroatoms. The van der Waals surface area contributed by atoms with Crippen molar-refractivity contribution in [2.75, 3.05) is 25.1 Å². The molecule has 1 fully saturated rings. The summed E-state index contributed by atoms with van der Waals surface area (Å²) in [5, 5.41) is 6.90. The Morgan fingerprint density at radius 1 is 0.729 bits per heavy atom. The molecule has 0 radical (unpaired) electrons. The number of pyridine rings is 2. The van der Waals surface area contributed by atoms with Gasteiger partial charge in [0.25, 0.3) is 11.8 Å². The summed E-state index contributed by atoms with van der Waals surface area (Å²) in [7, 11) is 0. The maximum atomic E-state index is 11.4. The largest absolute Gasteiger partial charge is 0.456 e. The van der Waals surface area contributed by atoms with Crippen LogP contribution in [0, 0.1) is 5.92 Å². The Balaban J connectivity index is 0.000000220. The monoisotopic (exact) mass is 670 g/mol. The highest BCUT2D eigenvalue weighted by Gasteiger charge is 2.13. The van der Waals surface area contributed by atoms with Crippen molar-refractivity contribution in [1.82, 2.24) is 20.6 Å². The number of thioether (sulfide) groups is 1. The Morgan fingerprint density at radius 2 is 1.21 bits per heavy atom. The van der Waals surface area contributed by atoms with Crippen molar-refractivity contribution in [3.05, 3.63) is 108 Å². The van der Waals surface area contributed by atoms with E-state index in [1.54, 1.807) is 24.5 Å². The van der Waals surface area contributed by atoms with Crippen LogP contribution in [0.4, 0.5) is 0 Å². The molecule has 5 rings (SSSR count). The van der Waals surface area contributed by atoms with E-state index in [4.69, 9.17) is 20.9 Å². The van der Waals surface area contributed by atoms with Crippen LogP contribution in [-0.2, 0) is 13.1 Å². The number of amides is 2. The number of hydrogen-bond donors (Lipinski definition) is 4. The van der Waals surface area contributed by atoms with Gasteiger partial charge in [-0.15, -0.1) is 0 Å². The Labute approximate surface area is 287 Å². The predicted octanol–water partition coefficient (Wildman–Crippen LogP) is 6.46. The van der Waals surface area contributed by atoms with E-state index in [-0.39, 0.29) is 11.1 Å². The first-order chi connectivity index (χ1) is 23.4. The normalized spacial score (nSPS) is 12.9. The number of nitrogens with two attached hydrogens (primary N) is 2. The lowest BCUT2D eigenvalue weighted by atomic mass is 9.87. The quantitative estimate of drug-likeness (QED) is 0.0984. The van der Waals surface area contributed by atoms with E-state index in [9.17, 15) is 9.59 Å². The molecule has 0 aliphatic heterocycles. The second kappa shape index (κ2) is 20.0. The molecule has 10 nitrogen and oxygen atoms in total. The van der Waals surface area contributed by atoms with Crippen LogP contribution < -0.4 is 31.6 Å². The van der Waals surface area contributed by atoms with E-state index < -0.39 is 11.8 Å². The van der Waals surface area contributed by atoms with E-state index in [0.29, 0.717) is 23.0 Å². The Kier molecular flexibility index (Phi) is 15.2. The van der Waals surface area contributed by atoms with Gasteiger partial charge in [0.05, 0.1) is 0 Å². The van der Waals surface area contributed by atoms with Gasteiger partial charge < -0.3 is 31.6 Å². The minimum atomic E-state index is -0.558. The number of carbonyl (C=O) groups is 2. The average Bonchev–Trinajstić information content (AvgIpc) is 3.11. The maximum Gasteiger partial charge on any atom is 0.254 e. The molecule has 0 bridgehead atoms. The third kappa shape index (κ3) is 12.3. The van der Waals surface area contributed by atoms with Gasteiger partial charge in [-0.3, -0.25) is 19.6 Å². The molecular formula is C37H46N6O4S. The van der Waals surface area contributed by atoms with E-state index in [1.807, 2.05) is 60.3 Å². The molecule has 0 saturated heterocycles. The third-order valence-electron chi connectivity index (χ3n) is 7.99. The second-order valence-corrected chi connectivity index (χ2v) is 12.6. The van der Waals surface area contributed by atoms with Gasteiger partial charge in [-0.1, -0.05) is 56.4 Å². The number of aromatic nitrogens is 2. The number of nitrogens with zero attached hydrogens (tertiary/aromatic N) is 2. The molecule has 0 spiro atoms. The van der Waals surface area contributed by atoms with Crippen LogP contribution in [0.5, 0.6) is 23.0 Å². The summed E-state index contributed by atoms with van der Waals surface area (Å²) in [5.74, 6) is 3.06. The third-order valence-corrected chi connectivity index (χ3v) is 8.60. The highest BCUT2D eigenvalue weighted by Crippen LogP contribution is 2.27. The highest BCUT2D eigenvalue weighted by molar-refractivity contribution is 7.98. The van der Waals surface area contributed by atoms with Crippen molar-refractivity contribution in [3.63, 3.8) is 0 Å². The zero-order valence-corrected chi connectivity index (χ0v) is 28.3. The number of hydrogen-bond acceptors (Lipinski definition) is 9. The molecule has 2 aromatic carbocycles. The minimum Gasteiger partial charge on any atom is -0.456 e. The van der Waals surface area contributed by atoms with Crippen LogP contribution in [-0.4, -0.2) is 46.9 Å². The number of ether oxygens (including phenoxy) is 2. The van der Waals surface area contributed by atoms with Crippen LogP contribution in [0.25, 0.3) is 0 Å². The minimum absolute atomic E-state index is 0.269. The highest BCUT2D eigenvalue weighted by atomic mass is 32.2. The smallest absolute Gasteiger partial charge is 0.254 e. The molecule has 6 N–H and O–H groups in total. The summed E-state index contributed by atoms with van der Waals surface area (Å²) < 4.78 is 11.5. The number of nitrogens with one attached hydrogen (secondary N) is 2. The molecule has 254 valence electrons. The van der Waals surface area contributed by atoms with Crippen molar-refractivity contribution < 1.29 is 19.1 Å². The molecule has 2 aromatic heterocycles. The molecule has 2 amide bonds. The fourth-order valence-electron chi connectivity index (χ4n) is 5.34. The Hall–Kier alpha value is -4.45. The molecular weight excluding hydrogens is 625 g/mol. The summed E-state index contributed by atoms with van der Waals surface area (Å²) in [5.41, 5.74) is 13.6. The van der Waals surface area contributed by atoms with Crippen molar-refractivity contribution in [3.8, 4) is 23.0 Å². The van der Waals surface area contributed by atoms with Gasteiger partial charge >= 0.3 is 0 Å². The van der Waals surface area contributed by atoms with Crippen molar-refractivity contribution in [2.24, 2.45) is 17.4 Å². The van der Waals surface area contributed by atoms with Gasteiger partial charge in [-0.25, -0.2) is 0 Å². The molecule has 0 atom stereocenters. The summed E-state index contributed by atoms with van der Waals surface area (Å²) in [6, 6.07) is 18.9. The summed E-state index contributed by atoms with van der Waals surface area (Å²) in [4.78, 5) is 30.5. The van der Waals surface area contributed by atoms with Gasteiger partial charge in [0.15, 0.2) is 0 Å². The standard InChI is InChI=1S/C21H27N3O2.C16H19N3O2S/c22-21(25)19-15-24-13-11-20(19)26-18-8-6-17(7-9-18)14-23-12-10-16-4-2-1-3-5-16;1-22-9-8-19-10-12-2-4-13(5-3-12)21-15-6-7-18-11-14(15)16(17)20/h6-9,11,13,15-16,23H,1-5,10,12,14H2,(H2,22,25);2-7,11,19H,8-10H2,1H3,(H2,17,20). The number of primary amides is 2. The Morgan fingerprint density at radius 3 is 1.67 bits per heavy atom. The predicted molar refractivity (Wildman–Crippen MR) is 192 cm³/mol. The lowest BCUT2D eigenvalue weighted by Crippen LogP contribution is -2.19. The topological polar surface area (TPSA) is 154 Å². The van der Waals surface area contributed by atoms with E-state index in [2.05, 4.69) is 26.9 Å². The van der Waals surface area contributed by atoms with E-state index >= 15 is 0 Å². The van der Waals surface area contributed by atoms with Crippen molar-refractivity contribution in [1.29, 1.82) is 0 Å². The lowest BCUT2D eigenvalue weighted by Gasteiger charge is -2.21. The van der Waals surface area contributed by atoms with Crippen LogP contribution in [0.15, 0.2) is 85.5 Å². The first kappa shape index (κ1) is 36.4. The van der Waals surface area contributed by atoms with Crippen LogP contribution in [0.2, 0.25) is 0 Å². The first-order valence-corrected chi connectivity index (χ1v) is 17.7. The summed E-state index contributed by atoms with van der Waals surface area (Å²) >= 11 is 1.82. The molecule has 4 aromatic rings. The fourth-order valence-corrected chi connectivity index (χ4v) is 5.69. The van der Waals surface area contributed by atoms with Gasteiger partial charge in [-0.2, -0.15) is 11.8 Å². The first-order valence-electron chi connectivity index (χ1n) is 16.3. The molecule has 1 saturated carbocycles. The second-order valence-electron chi connectivity index (χ2n) is 11.6.